The summed E-state index contributed by atoms with van der Waals surface area (Å²) in [5.41, 5.74) is 1.94. The average Bonchev–Trinajstić information content (AvgIpc) is 2.85. The summed E-state index contributed by atoms with van der Waals surface area (Å²) in [6, 6.07) is 22.4. The first-order valence-electron chi connectivity index (χ1n) is 11.3. The van der Waals surface area contributed by atoms with Crippen LogP contribution in [-0.4, -0.2) is 59.3 Å². The van der Waals surface area contributed by atoms with Crippen LogP contribution in [0.15, 0.2) is 72.8 Å². The van der Waals surface area contributed by atoms with Crippen LogP contribution in [-0.2, 0) is 22.4 Å². The van der Waals surface area contributed by atoms with E-state index in [0.29, 0.717) is 32.1 Å². The van der Waals surface area contributed by atoms with E-state index in [4.69, 9.17) is 0 Å². The molecule has 3 atom stereocenters. The SMILES string of the molecule is CN(C(=O)C(Cc1ccc2ccccc2c1)NC=O)C(Cc1ccccc1)C(O)CCCO. The van der Waals surface area contributed by atoms with E-state index in [0.717, 1.165) is 21.9 Å². The largest absolute Gasteiger partial charge is 0.396 e. The van der Waals surface area contributed by atoms with E-state index in [1.165, 1.54) is 4.90 Å². The zero-order chi connectivity index (χ0) is 23.6. The Morgan fingerprint density at radius 2 is 1.67 bits per heavy atom. The third kappa shape index (κ3) is 6.63. The number of aliphatic hydroxyl groups excluding tert-OH is 2. The molecule has 0 aromatic heterocycles. The van der Waals surface area contributed by atoms with Gasteiger partial charge in [0, 0.05) is 20.1 Å². The predicted molar refractivity (Wildman–Crippen MR) is 130 cm³/mol. The number of aliphatic hydroxyl groups is 2. The summed E-state index contributed by atoms with van der Waals surface area (Å²) in [7, 11) is 1.66. The molecular weight excluding hydrogens is 416 g/mol. The average molecular weight is 449 g/mol. The molecule has 0 aliphatic rings. The zero-order valence-corrected chi connectivity index (χ0v) is 18.9. The van der Waals surface area contributed by atoms with Crippen molar-refractivity contribution in [1.82, 2.24) is 10.2 Å². The van der Waals surface area contributed by atoms with E-state index in [1.807, 2.05) is 72.8 Å². The highest BCUT2D eigenvalue weighted by Gasteiger charge is 2.31. The molecule has 0 saturated carbocycles. The molecule has 0 heterocycles. The summed E-state index contributed by atoms with van der Waals surface area (Å²) in [5, 5.41) is 24.9. The van der Waals surface area contributed by atoms with E-state index >= 15 is 0 Å². The molecule has 2 amide bonds. The molecule has 6 heteroatoms. The van der Waals surface area contributed by atoms with Gasteiger partial charge >= 0.3 is 0 Å². The maximum atomic E-state index is 13.5. The molecule has 0 bridgehead atoms. The molecule has 0 fully saturated rings. The van der Waals surface area contributed by atoms with Gasteiger partial charge in [0.1, 0.15) is 6.04 Å². The van der Waals surface area contributed by atoms with E-state index in [-0.39, 0.29) is 12.5 Å². The lowest BCUT2D eigenvalue weighted by Gasteiger charge is -2.34. The predicted octanol–water partition coefficient (Wildman–Crippen LogP) is 2.70. The first kappa shape index (κ1) is 24.4. The van der Waals surface area contributed by atoms with Crippen LogP contribution in [0.1, 0.15) is 24.0 Å². The summed E-state index contributed by atoms with van der Waals surface area (Å²) >= 11 is 0. The molecule has 6 nitrogen and oxygen atoms in total. The number of fused-ring (bicyclic) bond motifs is 1. The molecular formula is C27H32N2O4. The van der Waals surface area contributed by atoms with Crippen molar-refractivity contribution in [3.63, 3.8) is 0 Å². The van der Waals surface area contributed by atoms with E-state index < -0.39 is 18.2 Å². The van der Waals surface area contributed by atoms with Gasteiger partial charge in [-0.25, -0.2) is 0 Å². The molecule has 3 rings (SSSR count). The second-order valence-corrected chi connectivity index (χ2v) is 8.36. The minimum absolute atomic E-state index is 0.0237. The highest BCUT2D eigenvalue weighted by molar-refractivity contribution is 5.85. The first-order chi connectivity index (χ1) is 16.0. The number of likely N-dealkylation sites (N-methyl/N-ethyl adjacent to an activating group) is 1. The standard InChI is InChI=1S/C27H32N2O4/c1-29(25(26(32)12-7-15-30)18-20-8-3-2-4-9-20)27(33)24(28-19-31)17-21-13-14-22-10-5-6-11-23(22)16-21/h2-6,8-11,13-14,16,19,24-26,30,32H,7,12,15,17-18H2,1H3,(H,28,31). The normalized spacial score (nSPS) is 13.8. The minimum Gasteiger partial charge on any atom is -0.396 e. The van der Waals surface area contributed by atoms with Crippen molar-refractivity contribution in [2.24, 2.45) is 0 Å². The van der Waals surface area contributed by atoms with Crippen LogP contribution < -0.4 is 5.32 Å². The fourth-order valence-electron chi connectivity index (χ4n) is 4.19. The lowest BCUT2D eigenvalue weighted by atomic mass is 9.95. The van der Waals surface area contributed by atoms with Gasteiger partial charge in [0.15, 0.2) is 0 Å². The molecule has 0 aliphatic carbocycles. The lowest BCUT2D eigenvalue weighted by Crippen LogP contribution is -2.53. The summed E-state index contributed by atoms with van der Waals surface area (Å²) in [6.07, 6.45) is 1.39. The Morgan fingerprint density at radius 1 is 0.970 bits per heavy atom. The molecule has 0 spiro atoms. The molecule has 3 unspecified atom stereocenters. The van der Waals surface area contributed by atoms with Gasteiger partial charge in [-0.15, -0.1) is 0 Å². The summed E-state index contributed by atoms with van der Waals surface area (Å²) in [4.78, 5) is 26.3. The number of rotatable bonds is 12. The Bertz CT molecular complexity index is 1040. The van der Waals surface area contributed by atoms with Gasteiger partial charge in [0.2, 0.25) is 12.3 Å². The monoisotopic (exact) mass is 448 g/mol. The maximum absolute atomic E-state index is 13.5. The molecule has 3 aromatic rings. The second-order valence-electron chi connectivity index (χ2n) is 8.36. The number of amides is 2. The van der Waals surface area contributed by atoms with Crippen molar-refractivity contribution >= 4 is 23.1 Å². The Balaban J connectivity index is 1.81. The van der Waals surface area contributed by atoms with Crippen molar-refractivity contribution in [3.05, 3.63) is 83.9 Å². The Labute approximate surface area is 194 Å². The van der Waals surface area contributed by atoms with Gasteiger partial charge in [-0.2, -0.15) is 0 Å². The van der Waals surface area contributed by atoms with Crippen molar-refractivity contribution in [1.29, 1.82) is 0 Å². The summed E-state index contributed by atoms with van der Waals surface area (Å²) < 4.78 is 0. The number of nitrogens with one attached hydrogen (secondary N) is 1. The molecule has 0 saturated heterocycles. The molecule has 3 N–H and O–H groups in total. The van der Waals surface area contributed by atoms with Gasteiger partial charge in [0.25, 0.3) is 0 Å². The van der Waals surface area contributed by atoms with E-state index in [9.17, 15) is 19.8 Å². The van der Waals surface area contributed by atoms with Gasteiger partial charge in [-0.1, -0.05) is 72.8 Å². The van der Waals surface area contributed by atoms with Gasteiger partial charge in [-0.3, -0.25) is 9.59 Å². The number of nitrogens with zero attached hydrogens (tertiary/aromatic N) is 1. The maximum Gasteiger partial charge on any atom is 0.245 e. The Kier molecular flexibility index (Phi) is 8.98. The number of hydrogen-bond donors (Lipinski definition) is 3. The minimum atomic E-state index is -0.802. The lowest BCUT2D eigenvalue weighted by molar-refractivity contribution is -0.137. The van der Waals surface area contributed by atoms with Crippen molar-refractivity contribution in [2.45, 2.75) is 43.9 Å². The van der Waals surface area contributed by atoms with Crippen LogP contribution in [0.5, 0.6) is 0 Å². The van der Waals surface area contributed by atoms with Crippen LogP contribution >= 0.6 is 0 Å². The van der Waals surface area contributed by atoms with Crippen LogP contribution in [0.3, 0.4) is 0 Å². The highest BCUT2D eigenvalue weighted by Crippen LogP contribution is 2.19. The zero-order valence-electron chi connectivity index (χ0n) is 18.9. The molecule has 0 aliphatic heterocycles. The Hall–Kier alpha value is -3.22. The molecule has 0 radical (unpaired) electrons. The number of carbonyl (C=O) groups is 2. The van der Waals surface area contributed by atoms with Crippen molar-refractivity contribution < 1.29 is 19.8 Å². The van der Waals surface area contributed by atoms with Crippen molar-refractivity contribution in [2.75, 3.05) is 13.7 Å². The molecule has 174 valence electrons. The van der Waals surface area contributed by atoms with Gasteiger partial charge < -0.3 is 20.4 Å². The number of hydrogen-bond acceptors (Lipinski definition) is 4. The van der Waals surface area contributed by atoms with Gasteiger partial charge in [-0.05, 0) is 41.2 Å². The first-order valence-corrected chi connectivity index (χ1v) is 11.3. The Morgan fingerprint density at radius 3 is 2.36 bits per heavy atom. The summed E-state index contributed by atoms with van der Waals surface area (Å²) in [6.45, 7) is -0.0237. The summed E-state index contributed by atoms with van der Waals surface area (Å²) in [5.74, 6) is -0.265. The van der Waals surface area contributed by atoms with Crippen LogP contribution in [0, 0.1) is 0 Å². The van der Waals surface area contributed by atoms with Crippen molar-refractivity contribution in [3.8, 4) is 0 Å². The van der Waals surface area contributed by atoms with Crippen LogP contribution in [0.4, 0.5) is 0 Å². The third-order valence-electron chi connectivity index (χ3n) is 6.06. The molecule has 33 heavy (non-hydrogen) atoms. The second kappa shape index (κ2) is 12.1. The van der Waals surface area contributed by atoms with Gasteiger partial charge in [0.05, 0.1) is 12.1 Å². The smallest absolute Gasteiger partial charge is 0.245 e. The highest BCUT2D eigenvalue weighted by atomic mass is 16.3. The third-order valence-corrected chi connectivity index (χ3v) is 6.06. The van der Waals surface area contributed by atoms with E-state index in [1.54, 1.807) is 7.05 Å². The number of benzene rings is 3. The van der Waals surface area contributed by atoms with Crippen LogP contribution in [0.2, 0.25) is 0 Å². The molecule has 3 aromatic carbocycles. The topological polar surface area (TPSA) is 89.9 Å². The fraction of sp³-hybridized carbons (Fsp3) is 0.333. The van der Waals surface area contributed by atoms with Crippen LogP contribution in [0.25, 0.3) is 10.8 Å². The number of carbonyl (C=O) groups excluding carboxylic acids is 2. The quantitative estimate of drug-likeness (QED) is 0.372. The van der Waals surface area contributed by atoms with E-state index in [2.05, 4.69) is 5.32 Å². The fourth-order valence-corrected chi connectivity index (χ4v) is 4.19.